The SMILES string of the molecule is COc1ccc(NC(=O)CNC(=O)c2cccc(Cl)c2)cc1OC. The van der Waals surface area contributed by atoms with Gasteiger partial charge in [-0.05, 0) is 30.3 Å². The summed E-state index contributed by atoms with van der Waals surface area (Å²) in [6.45, 7) is -0.167. The highest BCUT2D eigenvalue weighted by molar-refractivity contribution is 6.31. The predicted molar refractivity (Wildman–Crippen MR) is 92.0 cm³/mol. The van der Waals surface area contributed by atoms with Gasteiger partial charge in [0.2, 0.25) is 5.91 Å². The lowest BCUT2D eigenvalue weighted by Crippen LogP contribution is -2.32. The largest absolute Gasteiger partial charge is 0.493 e. The van der Waals surface area contributed by atoms with Crippen molar-refractivity contribution >= 4 is 29.1 Å². The Balaban J connectivity index is 1.92. The van der Waals surface area contributed by atoms with Gasteiger partial charge in [0, 0.05) is 22.3 Å². The van der Waals surface area contributed by atoms with Crippen LogP contribution in [0.25, 0.3) is 0 Å². The predicted octanol–water partition coefficient (Wildman–Crippen LogP) is 2.73. The first-order valence-electron chi connectivity index (χ1n) is 7.09. The second-order valence-corrected chi connectivity index (χ2v) is 5.25. The minimum absolute atomic E-state index is 0.167. The zero-order valence-corrected chi connectivity index (χ0v) is 14.0. The minimum Gasteiger partial charge on any atom is -0.493 e. The average molecular weight is 349 g/mol. The molecule has 2 aromatic rings. The van der Waals surface area contributed by atoms with Crippen LogP contribution in [-0.4, -0.2) is 32.6 Å². The van der Waals surface area contributed by atoms with Crippen molar-refractivity contribution in [3.8, 4) is 11.5 Å². The molecule has 0 saturated carbocycles. The molecular formula is C17H17ClN2O4. The molecule has 0 spiro atoms. The Morgan fingerprint density at radius 2 is 1.79 bits per heavy atom. The topological polar surface area (TPSA) is 76.7 Å². The van der Waals surface area contributed by atoms with Crippen LogP contribution < -0.4 is 20.1 Å². The molecule has 126 valence electrons. The van der Waals surface area contributed by atoms with Crippen LogP contribution in [-0.2, 0) is 4.79 Å². The third kappa shape index (κ3) is 4.63. The first-order valence-corrected chi connectivity index (χ1v) is 7.47. The van der Waals surface area contributed by atoms with E-state index in [0.29, 0.717) is 27.8 Å². The van der Waals surface area contributed by atoms with Crippen molar-refractivity contribution in [1.82, 2.24) is 5.32 Å². The summed E-state index contributed by atoms with van der Waals surface area (Å²) in [5, 5.41) is 5.66. The van der Waals surface area contributed by atoms with Gasteiger partial charge in [0.25, 0.3) is 5.91 Å². The van der Waals surface area contributed by atoms with Gasteiger partial charge >= 0.3 is 0 Å². The highest BCUT2D eigenvalue weighted by Crippen LogP contribution is 2.29. The lowest BCUT2D eigenvalue weighted by molar-refractivity contribution is -0.115. The Bertz CT molecular complexity index is 749. The van der Waals surface area contributed by atoms with E-state index in [1.807, 2.05) is 0 Å². The maximum absolute atomic E-state index is 12.0. The van der Waals surface area contributed by atoms with Gasteiger partial charge in [0.1, 0.15) is 0 Å². The maximum atomic E-state index is 12.0. The summed E-state index contributed by atoms with van der Waals surface area (Å²) in [5.41, 5.74) is 0.927. The molecule has 2 rings (SSSR count). The van der Waals surface area contributed by atoms with Crippen LogP contribution in [0.3, 0.4) is 0 Å². The van der Waals surface area contributed by atoms with Crippen LogP contribution in [0.2, 0.25) is 5.02 Å². The van der Waals surface area contributed by atoms with E-state index >= 15 is 0 Å². The smallest absolute Gasteiger partial charge is 0.251 e. The van der Waals surface area contributed by atoms with E-state index in [4.69, 9.17) is 21.1 Å². The molecule has 0 aliphatic carbocycles. The van der Waals surface area contributed by atoms with Crippen molar-refractivity contribution in [3.63, 3.8) is 0 Å². The lowest BCUT2D eigenvalue weighted by atomic mass is 10.2. The lowest BCUT2D eigenvalue weighted by Gasteiger charge is -2.11. The van der Waals surface area contributed by atoms with Gasteiger partial charge in [-0.2, -0.15) is 0 Å². The van der Waals surface area contributed by atoms with E-state index in [9.17, 15) is 9.59 Å². The summed E-state index contributed by atoms with van der Waals surface area (Å²) in [7, 11) is 3.04. The molecule has 0 bridgehead atoms. The van der Waals surface area contributed by atoms with E-state index in [1.54, 1.807) is 36.4 Å². The molecule has 0 radical (unpaired) electrons. The quantitative estimate of drug-likeness (QED) is 0.841. The van der Waals surface area contributed by atoms with E-state index in [0.717, 1.165) is 0 Å². The highest BCUT2D eigenvalue weighted by Gasteiger charge is 2.10. The molecule has 0 aromatic heterocycles. The van der Waals surface area contributed by atoms with Gasteiger partial charge in [-0.3, -0.25) is 9.59 Å². The Morgan fingerprint density at radius 3 is 2.46 bits per heavy atom. The van der Waals surface area contributed by atoms with Crippen LogP contribution in [0, 0.1) is 0 Å². The number of anilines is 1. The number of ether oxygens (including phenoxy) is 2. The summed E-state index contributed by atoms with van der Waals surface area (Å²) >= 11 is 5.83. The molecule has 0 unspecified atom stereocenters. The number of amides is 2. The number of carbonyl (C=O) groups is 2. The van der Waals surface area contributed by atoms with Crippen LogP contribution in [0.15, 0.2) is 42.5 Å². The first-order chi connectivity index (χ1) is 11.5. The van der Waals surface area contributed by atoms with E-state index in [1.165, 1.54) is 20.3 Å². The van der Waals surface area contributed by atoms with E-state index in [2.05, 4.69) is 10.6 Å². The number of methoxy groups -OCH3 is 2. The van der Waals surface area contributed by atoms with Crippen molar-refractivity contribution in [2.45, 2.75) is 0 Å². The van der Waals surface area contributed by atoms with Gasteiger partial charge in [0.05, 0.1) is 20.8 Å². The van der Waals surface area contributed by atoms with Crippen LogP contribution in [0.4, 0.5) is 5.69 Å². The molecule has 24 heavy (non-hydrogen) atoms. The molecule has 2 N–H and O–H groups in total. The molecule has 0 heterocycles. The fraction of sp³-hybridized carbons (Fsp3) is 0.176. The number of halogens is 1. The average Bonchev–Trinajstić information content (AvgIpc) is 2.59. The van der Waals surface area contributed by atoms with Crippen molar-refractivity contribution in [1.29, 1.82) is 0 Å². The number of carbonyl (C=O) groups excluding carboxylic acids is 2. The molecule has 6 nitrogen and oxygen atoms in total. The van der Waals surface area contributed by atoms with Gasteiger partial charge < -0.3 is 20.1 Å². The molecule has 0 aliphatic heterocycles. The Morgan fingerprint density at radius 1 is 1.04 bits per heavy atom. The zero-order valence-electron chi connectivity index (χ0n) is 13.3. The Hall–Kier alpha value is -2.73. The van der Waals surface area contributed by atoms with Crippen molar-refractivity contribution < 1.29 is 19.1 Å². The van der Waals surface area contributed by atoms with Crippen molar-refractivity contribution in [2.75, 3.05) is 26.1 Å². The van der Waals surface area contributed by atoms with Crippen LogP contribution in [0.5, 0.6) is 11.5 Å². The number of hydrogen-bond donors (Lipinski definition) is 2. The van der Waals surface area contributed by atoms with Gasteiger partial charge in [0.15, 0.2) is 11.5 Å². The van der Waals surface area contributed by atoms with Crippen molar-refractivity contribution in [3.05, 3.63) is 53.1 Å². The number of hydrogen-bond acceptors (Lipinski definition) is 4. The molecule has 0 atom stereocenters. The number of nitrogens with one attached hydrogen (secondary N) is 2. The minimum atomic E-state index is -0.375. The molecule has 0 aliphatic rings. The number of rotatable bonds is 6. The molecule has 2 aromatic carbocycles. The number of benzene rings is 2. The molecule has 0 fully saturated rings. The summed E-state index contributed by atoms with van der Waals surface area (Å²) in [6.07, 6.45) is 0. The fourth-order valence-corrected chi connectivity index (χ4v) is 2.20. The molecule has 2 amide bonds. The monoisotopic (exact) mass is 348 g/mol. The second-order valence-electron chi connectivity index (χ2n) is 4.81. The normalized spacial score (nSPS) is 9.96. The van der Waals surface area contributed by atoms with Crippen LogP contribution in [0.1, 0.15) is 10.4 Å². The summed E-state index contributed by atoms with van der Waals surface area (Å²) in [5.74, 6) is 0.320. The molecule has 0 saturated heterocycles. The van der Waals surface area contributed by atoms with Gasteiger partial charge in [-0.25, -0.2) is 0 Å². The standard InChI is InChI=1S/C17H17ClN2O4/c1-23-14-7-6-13(9-15(14)24-2)20-16(21)10-19-17(22)11-4-3-5-12(18)8-11/h3-9H,10H2,1-2H3,(H,19,22)(H,20,21). The maximum Gasteiger partial charge on any atom is 0.251 e. The first kappa shape index (κ1) is 17.6. The summed E-state index contributed by atoms with van der Waals surface area (Å²) < 4.78 is 10.3. The second kappa shape index (κ2) is 8.21. The van der Waals surface area contributed by atoms with E-state index < -0.39 is 0 Å². The summed E-state index contributed by atoms with van der Waals surface area (Å²) in [6, 6.07) is 11.5. The Kier molecular flexibility index (Phi) is 6.03. The molecule has 7 heteroatoms. The third-order valence-electron chi connectivity index (χ3n) is 3.16. The fourth-order valence-electron chi connectivity index (χ4n) is 2.01. The summed E-state index contributed by atoms with van der Waals surface area (Å²) in [4.78, 5) is 23.9. The van der Waals surface area contributed by atoms with E-state index in [-0.39, 0.29) is 18.4 Å². The third-order valence-corrected chi connectivity index (χ3v) is 3.40. The Labute approximate surface area is 144 Å². The van der Waals surface area contributed by atoms with Crippen molar-refractivity contribution in [2.24, 2.45) is 0 Å². The highest BCUT2D eigenvalue weighted by atomic mass is 35.5. The van der Waals surface area contributed by atoms with Crippen LogP contribution >= 0.6 is 11.6 Å². The zero-order chi connectivity index (χ0) is 17.5. The molecular weight excluding hydrogens is 332 g/mol. The van der Waals surface area contributed by atoms with Gasteiger partial charge in [-0.1, -0.05) is 17.7 Å². The van der Waals surface area contributed by atoms with Gasteiger partial charge in [-0.15, -0.1) is 0 Å².